The van der Waals surface area contributed by atoms with Crippen LogP contribution in [0.25, 0.3) is 0 Å². The molecule has 0 bridgehead atoms. The average molecular weight is 274 g/mol. The van der Waals surface area contributed by atoms with Crippen molar-refractivity contribution in [3.63, 3.8) is 0 Å². The number of pyridine rings is 1. The Morgan fingerprint density at radius 3 is 2.75 bits per heavy atom. The van der Waals surface area contributed by atoms with Gasteiger partial charge in [-0.3, -0.25) is 0 Å². The summed E-state index contributed by atoms with van der Waals surface area (Å²) in [6.45, 7) is 3.86. The van der Waals surface area contributed by atoms with Crippen molar-refractivity contribution in [3.8, 4) is 0 Å². The number of esters is 1. The Kier molecular flexibility index (Phi) is 4.30. The number of para-hydroxylation sites is 1. The molecule has 5 heteroatoms. The van der Waals surface area contributed by atoms with Gasteiger partial charge in [0.15, 0.2) is 0 Å². The zero-order valence-corrected chi connectivity index (χ0v) is 11.3. The van der Waals surface area contributed by atoms with Crippen molar-refractivity contribution in [1.29, 1.82) is 0 Å². The maximum absolute atomic E-state index is 13.7. The highest BCUT2D eigenvalue weighted by atomic mass is 19.1. The molecule has 0 aliphatic heterocycles. The highest BCUT2D eigenvalue weighted by molar-refractivity contribution is 5.89. The van der Waals surface area contributed by atoms with Gasteiger partial charge in [-0.2, -0.15) is 0 Å². The number of nitrogens with zero attached hydrogens (tertiary/aromatic N) is 1. The lowest BCUT2D eigenvalue weighted by Gasteiger charge is -2.10. The van der Waals surface area contributed by atoms with E-state index < -0.39 is 5.97 Å². The van der Waals surface area contributed by atoms with Crippen LogP contribution in [0.1, 0.15) is 22.8 Å². The first-order valence-electron chi connectivity index (χ1n) is 6.27. The van der Waals surface area contributed by atoms with Gasteiger partial charge in [-0.15, -0.1) is 0 Å². The largest absolute Gasteiger partial charge is 0.462 e. The number of anilines is 2. The van der Waals surface area contributed by atoms with Gasteiger partial charge < -0.3 is 10.1 Å². The van der Waals surface area contributed by atoms with Crippen LogP contribution in [-0.2, 0) is 4.74 Å². The Bertz CT molecular complexity index is 592. The van der Waals surface area contributed by atoms with Crippen LogP contribution in [0.15, 0.2) is 36.5 Å². The van der Waals surface area contributed by atoms with Crippen LogP contribution in [0, 0.1) is 12.7 Å². The Morgan fingerprint density at radius 2 is 2.15 bits per heavy atom. The number of carbonyl (C=O) groups excluding carboxylic acids is 1. The van der Waals surface area contributed by atoms with E-state index in [-0.39, 0.29) is 5.82 Å². The van der Waals surface area contributed by atoms with Crippen LogP contribution < -0.4 is 5.32 Å². The first kappa shape index (κ1) is 14.0. The third kappa shape index (κ3) is 3.12. The molecule has 0 aliphatic rings. The second-order valence-corrected chi connectivity index (χ2v) is 4.21. The summed E-state index contributed by atoms with van der Waals surface area (Å²) >= 11 is 0. The topological polar surface area (TPSA) is 51.2 Å². The minimum atomic E-state index is -0.423. The van der Waals surface area contributed by atoms with Gasteiger partial charge in [-0.05, 0) is 37.6 Å². The van der Waals surface area contributed by atoms with Gasteiger partial charge in [-0.1, -0.05) is 12.1 Å². The van der Waals surface area contributed by atoms with Gasteiger partial charge in [-0.25, -0.2) is 14.2 Å². The van der Waals surface area contributed by atoms with Crippen LogP contribution in [0.3, 0.4) is 0 Å². The molecule has 20 heavy (non-hydrogen) atoms. The van der Waals surface area contributed by atoms with Crippen molar-refractivity contribution < 1.29 is 13.9 Å². The summed E-state index contributed by atoms with van der Waals surface area (Å²) in [5.74, 6) is -0.305. The van der Waals surface area contributed by atoms with Gasteiger partial charge in [0.2, 0.25) is 0 Å². The van der Waals surface area contributed by atoms with Crippen molar-refractivity contribution in [2.45, 2.75) is 13.8 Å². The molecule has 0 aliphatic carbocycles. The molecule has 0 atom stereocenters. The van der Waals surface area contributed by atoms with E-state index in [1.165, 1.54) is 12.3 Å². The zero-order valence-electron chi connectivity index (χ0n) is 11.3. The van der Waals surface area contributed by atoms with Gasteiger partial charge in [0.1, 0.15) is 11.6 Å². The van der Waals surface area contributed by atoms with Gasteiger partial charge in [0.25, 0.3) is 0 Å². The molecule has 2 rings (SSSR count). The molecule has 0 fully saturated rings. The summed E-state index contributed by atoms with van der Waals surface area (Å²) in [5.41, 5.74) is 1.52. The molecule has 1 heterocycles. The quantitative estimate of drug-likeness (QED) is 0.868. The molecule has 1 N–H and O–H groups in total. The van der Waals surface area contributed by atoms with E-state index >= 15 is 0 Å². The first-order valence-corrected chi connectivity index (χ1v) is 6.27. The minimum Gasteiger partial charge on any atom is -0.462 e. The number of rotatable bonds is 4. The van der Waals surface area contributed by atoms with E-state index in [2.05, 4.69) is 10.3 Å². The molecule has 104 valence electrons. The van der Waals surface area contributed by atoms with Crippen molar-refractivity contribution in [3.05, 3.63) is 53.5 Å². The lowest BCUT2D eigenvalue weighted by molar-refractivity contribution is 0.0526. The van der Waals surface area contributed by atoms with Crippen molar-refractivity contribution in [1.82, 2.24) is 4.98 Å². The van der Waals surface area contributed by atoms with Crippen LogP contribution in [0.2, 0.25) is 0 Å². The van der Waals surface area contributed by atoms with Gasteiger partial charge in [0, 0.05) is 6.20 Å². The molecule has 0 amide bonds. The fraction of sp³-hybridized carbons (Fsp3) is 0.200. The third-order valence-corrected chi connectivity index (χ3v) is 2.75. The highest BCUT2D eigenvalue weighted by Gasteiger charge is 2.09. The fourth-order valence-electron chi connectivity index (χ4n) is 1.72. The average Bonchev–Trinajstić information content (AvgIpc) is 2.44. The smallest absolute Gasteiger partial charge is 0.339 e. The molecule has 2 aromatic rings. The van der Waals surface area contributed by atoms with E-state index in [4.69, 9.17) is 4.74 Å². The highest BCUT2D eigenvalue weighted by Crippen LogP contribution is 2.22. The maximum Gasteiger partial charge on any atom is 0.339 e. The normalized spacial score (nSPS) is 10.2. The predicted molar refractivity (Wildman–Crippen MR) is 74.6 cm³/mol. The maximum atomic E-state index is 13.7. The lowest BCUT2D eigenvalue weighted by atomic mass is 10.2. The minimum absolute atomic E-state index is 0.313. The Labute approximate surface area is 116 Å². The van der Waals surface area contributed by atoms with E-state index in [0.717, 1.165) is 5.56 Å². The summed E-state index contributed by atoms with van der Waals surface area (Å²) in [6, 6.07) is 8.02. The second kappa shape index (κ2) is 6.14. The van der Waals surface area contributed by atoms with Crippen LogP contribution in [0.4, 0.5) is 15.9 Å². The van der Waals surface area contributed by atoms with Gasteiger partial charge in [0.05, 0.1) is 17.9 Å². The molecule has 1 aromatic heterocycles. The second-order valence-electron chi connectivity index (χ2n) is 4.21. The summed E-state index contributed by atoms with van der Waals surface area (Å²) < 4.78 is 18.5. The fourth-order valence-corrected chi connectivity index (χ4v) is 1.72. The number of nitrogens with one attached hydrogen (secondary N) is 1. The van der Waals surface area contributed by atoms with Crippen molar-refractivity contribution in [2.24, 2.45) is 0 Å². The number of carbonyl (C=O) groups is 1. The summed E-state index contributed by atoms with van der Waals surface area (Å²) in [4.78, 5) is 15.6. The summed E-state index contributed by atoms with van der Waals surface area (Å²) in [6.07, 6.45) is 1.40. The molecule has 0 unspecified atom stereocenters. The molecule has 0 saturated heterocycles. The Balaban J connectivity index is 2.17. The van der Waals surface area contributed by atoms with Crippen LogP contribution in [-0.4, -0.2) is 17.6 Å². The monoisotopic (exact) mass is 274 g/mol. The summed E-state index contributed by atoms with van der Waals surface area (Å²) in [5, 5.41) is 2.90. The van der Waals surface area contributed by atoms with Crippen LogP contribution >= 0.6 is 0 Å². The molecular formula is C15H15FN2O2. The first-order chi connectivity index (χ1) is 9.61. The predicted octanol–water partition coefficient (Wildman–Crippen LogP) is 3.45. The van der Waals surface area contributed by atoms with E-state index in [9.17, 15) is 9.18 Å². The van der Waals surface area contributed by atoms with E-state index in [0.29, 0.717) is 23.7 Å². The number of halogens is 1. The number of aromatic nitrogens is 1. The van der Waals surface area contributed by atoms with Crippen LogP contribution in [0.5, 0.6) is 0 Å². The molecule has 0 radical (unpaired) electrons. The Hall–Kier alpha value is -2.43. The van der Waals surface area contributed by atoms with Gasteiger partial charge >= 0.3 is 5.97 Å². The number of ether oxygens (including phenoxy) is 1. The van der Waals surface area contributed by atoms with E-state index in [1.54, 1.807) is 38.1 Å². The Morgan fingerprint density at radius 1 is 1.35 bits per heavy atom. The SMILES string of the molecule is CCOC(=O)c1ccc(Nc2c(C)cccc2F)nc1. The van der Waals surface area contributed by atoms with Crippen molar-refractivity contribution in [2.75, 3.05) is 11.9 Å². The molecule has 4 nitrogen and oxygen atoms in total. The van der Waals surface area contributed by atoms with E-state index in [1.807, 2.05) is 0 Å². The lowest BCUT2D eigenvalue weighted by Crippen LogP contribution is -2.06. The number of hydrogen-bond donors (Lipinski definition) is 1. The number of benzene rings is 1. The number of aryl methyl sites for hydroxylation is 1. The standard InChI is InChI=1S/C15H15FN2O2/c1-3-20-15(19)11-7-8-13(17-9-11)18-14-10(2)5-4-6-12(14)16/h4-9H,3H2,1-2H3,(H,17,18). The molecule has 1 aromatic carbocycles. The molecule has 0 saturated carbocycles. The molecule has 0 spiro atoms. The van der Waals surface area contributed by atoms with Crippen molar-refractivity contribution >= 4 is 17.5 Å². The summed E-state index contributed by atoms with van der Waals surface area (Å²) in [7, 11) is 0. The number of hydrogen-bond acceptors (Lipinski definition) is 4. The zero-order chi connectivity index (χ0) is 14.5. The third-order valence-electron chi connectivity index (χ3n) is 2.75. The molecular weight excluding hydrogens is 259 g/mol.